The summed E-state index contributed by atoms with van der Waals surface area (Å²) in [4.78, 5) is 23.7. The average Bonchev–Trinajstić information content (AvgIpc) is 2.83. The average molecular weight is 421 g/mol. The maximum Gasteiger partial charge on any atom is 0.251 e. The SMILES string of the molecule is CCc1cc(=O)[nH]c(-c2ccc(NCC3(c4ccc(OC)cc4)CCOCC3)nc2)n1. The first-order valence-corrected chi connectivity index (χ1v) is 10.6. The summed E-state index contributed by atoms with van der Waals surface area (Å²) in [5.74, 6) is 2.19. The van der Waals surface area contributed by atoms with Crippen molar-refractivity contribution in [2.75, 3.05) is 32.2 Å². The summed E-state index contributed by atoms with van der Waals surface area (Å²) in [5.41, 5.74) is 2.66. The lowest BCUT2D eigenvalue weighted by Crippen LogP contribution is -2.40. The second kappa shape index (κ2) is 9.31. The van der Waals surface area contributed by atoms with Gasteiger partial charge in [0, 0.05) is 48.7 Å². The van der Waals surface area contributed by atoms with Crippen LogP contribution in [0.15, 0.2) is 53.5 Å². The van der Waals surface area contributed by atoms with E-state index in [1.54, 1.807) is 13.3 Å². The molecule has 7 nitrogen and oxygen atoms in total. The molecule has 31 heavy (non-hydrogen) atoms. The van der Waals surface area contributed by atoms with Crippen molar-refractivity contribution in [1.82, 2.24) is 15.0 Å². The topological polar surface area (TPSA) is 89.1 Å². The van der Waals surface area contributed by atoms with Gasteiger partial charge in [0.05, 0.1) is 7.11 Å². The fraction of sp³-hybridized carbons (Fsp3) is 0.375. The van der Waals surface area contributed by atoms with Crippen LogP contribution in [-0.2, 0) is 16.6 Å². The number of nitrogens with zero attached hydrogens (tertiary/aromatic N) is 2. The number of benzene rings is 1. The number of hydrogen-bond donors (Lipinski definition) is 2. The highest BCUT2D eigenvalue weighted by Crippen LogP contribution is 2.36. The highest BCUT2D eigenvalue weighted by molar-refractivity contribution is 5.56. The molecule has 1 aromatic carbocycles. The molecule has 4 rings (SSSR count). The van der Waals surface area contributed by atoms with Crippen LogP contribution in [-0.4, -0.2) is 41.8 Å². The highest BCUT2D eigenvalue weighted by atomic mass is 16.5. The van der Waals surface area contributed by atoms with Crippen LogP contribution in [0.1, 0.15) is 31.0 Å². The third-order valence-electron chi connectivity index (χ3n) is 5.95. The summed E-state index contributed by atoms with van der Waals surface area (Å²) in [6.45, 7) is 4.22. The normalized spacial score (nSPS) is 15.4. The second-order valence-electron chi connectivity index (χ2n) is 7.85. The Bertz CT molecular complexity index is 1060. The molecule has 0 atom stereocenters. The predicted molar refractivity (Wildman–Crippen MR) is 121 cm³/mol. The van der Waals surface area contributed by atoms with Crippen LogP contribution in [0.25, 0.3) is 11.4 Å². The largest absolute Gasteiger partial charge is 0.497 e. The fourth-order valence-corrected chi connectivity index (χ4v) is 4.00. The number of hydrogen-bond acceptors (Lipinski definition) is 6. The molecule has 0 aliphatic carbocycles. The van der Waals surface area contributed by atoms with Crippen molar-refractivity contribution in [3.05, 3.63) is 70.3 Å². The first kappa shape index (κ1) is 21.1. The van der Waals surface area contributed by atoms with E-state index in [4.69, 9.17) is 9.47 Å². The number of methoxy groups -OCH3 is 1. The number of H-pyrrole nitrogens is 1. The maximum absolute atomic E-state index is 11.9. The Labute approximate surface area is 181 Å². The number of aromatic nitrogens is 3. The second-order valence-corrected chi connectivity index (χ2v) is 7.85. The molecule has 0 saturated carbocycles. The summed E-state index contributed by atoms with van der Waals surface area (Å²) < 4.78 is 10.9. The van der Waals surface area contributed by atoms with E-state index in [0.717, 1.165) is 55.4 Å². The van der Waals surface area contributed by atoms with Crippen LogP contribution in [0.3, 0.4) is 0 Å². The smallest absolute Gasteiger partial charge is 0.251 e. The van der Waals surface area contributed by atoms with Crippen LogP contribution >= 0.6 is 0 Å². The number of rotatable bonds is 7. The monoisotopic (exact) mass is 420 g/mol. The summed E-state index contributed by atoms with van der Waals surface area (Å²) >= 11 is 0. The zero-order chi connectivity index (χ0) is 21.7. The molecule has 1 fully saturated rings. The van der Waals surface area contributed by atoms with Gasteiger partial charge in [0.15, 0.2) is 0 Å². The summed E-state index contributed by atoms with van der Waals surface area (Å²) in [6.07, 6.45) is 4.34. The molecule has 1 aliphatic heterocycles. The first-order valence-electron chi connectivity index (χ1n) is 10.6. The zero-order valence-corrected chi connectivity index (χ0v) is 18.0. The van der Waals surface area contributed by atoms with E-state index >= 15 is 0 Å². The van der Waals surface area contributed by atoms with Crippen LogP contribution in [0.4, 0.5) is 5.82 Å². The van der Waals surface area contributed by atoms with Gasteiger partial charge in [-0.1, -0.05) is 19.1 Å². The Morgan fingerprint density at radius 3 is 2.58 bits per heavy atom. The molecule has 0 radical (unpaired) electrons. The third kappa shape index (κ3) is 4.77. The van der Waals surface area contributed by atoms with Crippen LogP contribution in [0.2, 0.25) is 0 Å². The van der Waals surface area contributed by atoms with Crippen LogP contribution in [0.5, 0.6) is 5.75 Å². The van der Waals surface area contributed by atoms with Crippen molar-refractivity contribution in [3.8, 4) is 17.1 Å². The van der Waals surface area contributed by atoms with Gasteiger partial charge in [0.2, 0.25) is 0 Å². The van der Waals surface area contributed by atoms with E-state index in [9.17, 15) is 4.79 Å². The highest BCUT2D eigenvalue weighted by Gasteiger charge is 2.34. The molecule has 3 aromatic rings. The zero-order valence-electron chi connectivity index (χ0n) is 18.0. The van der Waals surface area contributed by atoms with Crippen molar-refractivity contribution in [1.29, 1.82) is 0 Å². The van der Waals surface area contributed by atoms with Gasteiger partial charge in [0.1, 0.15) is 17.4 Å². The maximum atomic E-state index is 11.9. The minimum atomic E-state index is -0.148. The van der Waals surface area contributed by atoms with E-state index < -0.39 is 0 Å². The van der Waals surface area contributed by atoms with E-state index in [2.05, 4.69) is 32.4 Å². The van der Waals surface area contributed by atoms with E-state index in [1.807, 2.05) is 31.2 Å². The third-order valence-corrected chi connectivity index (χ3v) is 5.95. The van der Waals surface area contributed by atoms with Crippen molar-refractivity contribution < 1.29 is 9.47 Å². The molecule has 1 aliphatic rings. The Morgan fingerprint density at radius 1 is 1.16 bits per heavy atom. The quantitative estimate of drug-likeness (QED) is 0.608. The number of aryl methyl sites for hydroxylation is 1. The Hall–Kier alpha value is -3.19. The van der Waals surface area contributed by atoms with Gasteiger partial charge in [-0.2, -0.15) is 0 Å². The Morgan fingerprint density at radius 2 is 1.94 bits per heavy atom. The van der Waals surface area contributed by atoms with Crippen molar-refractivity contribution in [2.45, 2.75) is 31.6 Å². The molecular formula is C24H28N4O3. The molecule has 2 aromatic heterocycles. The lowest BCUT2D eigenvalue weighted by atomic mass is 9.74. The molecule has 2 N–H and O–H groups in total. The Kier molecular flexibility index (Phi) is 6.32. The molecule has 0 spiro atoms. The number of pyridine rings is 1. The van der Waals surface area contributed by atoms with Crippen LogP contribution in [0, 0.1) is 0 Å². The first-order chi connectivity index (χ1) is 15.1. The summed E-state index contributed by atoms with van der Waals surface area (Å²) in [5, 5.41) is 3.50. The molecule has 3 heterocycles. The van der Waals surface area contributed by atoms with Crippen LogP contribution < -0.4 is 15.6 Å². The van der Waals surface area contributed by atoms with Gasteiger partial charge < -0.3 is 19.8 Å². The number of ether oxygens (including phenoxy) is 2. The van der Waals surface area contributed by atoms with Gasteiger partial charge in [-0.15, -0.1) is 0 Å². The molecule has 0 unspecified atom stereocenters. The van der Waals surface area contributed by atoms with Gasteiger partial charge in [-0.05, 0) is 49.1 Å². The lowest BCUT2D eigenvalue weighted by Gasteiger charge is -2.38. The van der Waals surface area contributed by atoms with Gasteiger partial charge >= 0.3 is 0 Å². The summed E-state index contributed by atoms with van der Waals surface area (Å²) in [7, 11) is 1.68. The molecule has 0 bridgehead atoms. The van der Waals surface area contributed by atoms with Crippen molar-refractivity contribution >= 4 is 5.82 Å². The molecule has 162 valence electrons. The summed E-state index contributed by atoms with van der Waals surface area (Å²) in [6, 6.07) is 13.7. The number of aromatic amines is 1. The Balaban J connectivity index is 1.51. The number of anilines is 1. The van der Waals surface area contributed by atoms with E-state index in [-0.39, 0.29) is 11.0 Å². The molecule has 0 amide bonds. The minimum absolute atomic E-state index is 0.0207. The van der Waals surface area contributed by atoms with Gasteiger partial charge in [-0.25, -0.2) is 9.97 Å². The molecular weight excluding hydrogens is 392 g/mol. The standard InChI is InChI=1S/C24H28N4O3/c1-3-19-14-22(29)28-23(27-19)17-4-9-21(25-15-17)26-16-24(10-12-31-13-11-24)18-5-7-20(30-2)8-6-18/h4-9,14-15H,3,10-13,16H2,1-2H3,(H,25,26)(H,27,28,29). The van der Waals surface area contributed by atoms with Gasteiger partial charge in [0.25, 0.3) is 5.56 Å². The predicted octanol–water partition coefficient (Wildman–Crippen LogP) is 3.56. The van der Waals surface area contributed by atoms with E-state index in [0.29, 0.717) is 12.2 Å². The number of nitrogens with one attached hydrogen (secondary N) is 2. The fourth-order valence-electron chi connectivity index (χ4n) is 4.00. The minimum Gasteiger partial charge on any atom is -0.497 e. The molecule has 7 heteroatoms. The van der Waals surface area contributed by atoms with Crippen molar-refractivity contribution in [3.63, 3.8) is 0 Å². The van der Waals surface area contributed by atoms with Gasteiger partial charge in [-0.3, -0.25) is 4.79 Å². The molecule has 1 saturated heterocycles. The van der Waals surface area contributed by atoms with Crippen molar-refractivity contribution in [2.24, 2.45) is 0 Å². The van der Waals surface area contributed by atoms with E-state index in [1.165, 1.54) is 11.6 Å². The lowest BCUT2D eigenvalue weighted by molar-refractivity contribution is 0.0543.